The second kappa shape index (κ2) is 32.0. The van der Waals surface area contributed by atoms with Gasteiger partial charge in [-0.2, -0.15) is 0 Å². The average molecular weight is 1050 g/mol. The van der Waals surface area contributed by atoms with Gasteiger partial charge in [-0.1, -0.05) is 54.0 Å². The fraction of sp³-hybridized carbons (Fsp3) is 0.622. The molecule has 0 aliphatic carbocycles. The van der Waals surface area contributed by atoms with Crippen molar-refractivity contribution in [1.29, 1.82) is 0 Å². The molecule has 0 bridgehead atoms. The minimum Gasteiger partial charge on any atom is -0.494 e. The van der Waals surface area contributed by atoms with Crippen LogP contribution in [0, 0.1) is 5.92 Å². The molecule has 10 amide bonds. The zero-order valence-corrected chi connectivity index (χ0v) is 42.8. The molecule has 1 aromatic rings. The molecule has 0 spiro atoms. The number of nitrogens with zero attached hydrogens (tertiary/aromatic N) is 1. The van der Waals surface area contributed by atoms with E-state index in [0.717, 1.165) is 17.7 Å². The molecule has 0 radical (unpaired) electrons. The van der Waals surface area contributed by atoms with E-state index in [0.29, 0.717) is 37.2 Å². The summed E-state index contributed by atoms with van der Waals surface area (Å²) in [7, 11) is 2.27. The topological polar surface area (TPSA) is 403 Å². The van der Waals surface area contributed by atoms with Crippen molar-refractivity contribution in [2.24, 2.45) is 23.1 Å². The number of carboxylic acids is 1. The fourth-order valence-corrected chi connectivity index (χ4v) is 9.44. The van der Waals surface area contributed by atoms with Crippen LogP contribution in [0.1, 0.15) is 85.1 Å². The standard InChI is InChI=1S/C43H67N11O12S2.C2H4O2/c1-5-23(3)35-41(63)53-36(24(4)55)42(64)50-29(20-32(45)56)38(60)51-30(43(65)54-17-8-10-31(54)40(62)49-27(9-7-16-44)37(59)47-21-33(46)57)22-68-67-18-15-34(58)48-28(39(61)52-35)19-25-11-13-26(14-12-25)66-6-2;1-2(3)4/h11-14,23-24,27-31,35-36,55H,5-10,15-22,44H2,1-4H3,(H2,45,56)(H2,46,57)(H,47,59)(H,48,58)(H,49,62)(H,50,64)(H,51,60)(H,52,61)(H,53,63);1H3,(H,3,4)/t23-,24+,27-,28-,29-,30-,31-,35-,36-;/m0./s1. The number of nitrogens with one attached hydrogen (secondary N) is 7. The van der Waals surface area contributed by atoms with E-state index in [9.17, 15) is 53.1 Å². The number of benzene rings is 1. The van der Waals surface area contributed by atoms with E-state index in [4.69, 9.17) is 31.8 Å². The number of rotatable bonds is 18. The maximum absolute atomic E-state index is 14.4. The van der Waals surface area contributed by atoms with Crippen LogP contribution in [0.15, 0.2) is 24.3 Å². The van der Waals surface area contributed by atoms with Gasteiger partial charge in [-0.05, 0) is 69.7 Å². The number of likely N-dealkylation sites (tertiary alicyclic amines) is 1. The van der Waals surface area contributed by atoms with Crippen LogP contribution in [-0.4, -0.2) is 166 Å². The Kier molecular flexibility index (Phi) is 27.5. The number of aliphatic carboxylic acids is 1. The van der Waals surface area contributed by atoms with Crippen LogP contribution in [0.4, 0.5) is 0 Å². The molecule has 2 heterocycles. The summed E-state index contributed by atoms with van der Waals surface area (Å²) in [6.45, 7) is 7.80. The molecule has 1 aromatic carbocycles. The Balaban J connectivity index is 0.00000427. The summed E-state index contributed by atoms with van der Waals surface area (Å²) in [5, 5.41) is 36.1. The molecule has 0 unspecified atom stereocenters. The van der Waals surface area contributed by atoms with Gasteiger partial charge in [0.15, 0.2) is 0 Å². The Morgan fingerprint density at radius 1 is 0.861 bits per heavy atom. The van der Waals surface area contributed by atoms with Gasteiger partial charge in [-0.15, -0.1) is 0 Å². The summed E-state index contributed by atoms with van der Waals surface area (Å²) in [4.78, 5) is 144. The van der Waals surface area contributed by atoms with Crippen LogP contribution in [-0.2, 0) is 59.2 Å². The normalized spacial score (nSPS) is 22.8. The molecule has 2 fully saturated rings. The molecule has 27 heteroatoms. The molecule has 2 saturated heterocycles. The lowest BCUT2D eigenvalue weighted by Crippen LogP contribution is -2.63. The monoisotopic (exact) mass is 1050 g/mol. The van der Waals surface area contributed by atoms with E-state index in [1.165, 1.54) is 22.6 Å². The number of ether oxygens (including phenoxy) is 1. The lowest BCUT2D eigenvalue weighted by atomic mass is 9.96. The van der Waals surface area contributed by atoms with Gasteiger partial charge in [-0.3, -0.25) is 52.7 Å². The van der Waals surface area contributed by atoms with Crippen molar-refractivity contribution in [3.8, 4) is 5.75 Å². The summed E-state index contributed by atoms with van der Waals surface area (Å²) in [6, 6.07) is -2.62. The Morgan fingerprint density at radius 3 is 2.07 bits per heavy atom. The molecule has 2 aliphatic heterocycles. The summed E-state index contributed by atoms with van der Waals surface area (Å²) in [5.41, 5.74) is 17.0. The molecular formula is C45H71N11O14S2. The van der Waals surface area contributed by atoms with E-state index >= 15 is 0 Å². The van der Waals surface area contributed by atoms with E-state index in [-0.39, 0.29) is 50.3 Å². The van der Waals surface area contributed by atoms with Gasteiger partial charge in [0, 0.05) is 37.8 Å². The van der Waals surface area contributed by atoms with E-state index < -0.39 is 132 Å². The van der Waals surface area contributed by atoms with Crippen molar-refractivity contribution >= 4 is 86.6 Å². The Bertz CT molecular complexity index is 2050. The molecule has 9 atom stereocenters. The van der Waals surface area contributed by atoms with Crippen molar-refractivity contribution in [2.45, 2.75) is 134 Å². The van der Waals surface area contributed by atoms with Crippen LogP contribution in [0.25, 0.3) is 0 Å². The third-order valence-corrected chi connectivity index (χ3v) is 13.6. The van der Waals surface area contributed by atoms with Crippen LogP contribution in [0.5, 0.6) is 5.75 Å². The molecule has 402 valence electrons. The van der Waals surface area contributed by atoms with Crippen LogP contribution >= 0.6 is 21.6 Å². The van der Waals surface area contributed by atoms with Crippen LogP contribution < -0.4 is 59.2 Å². The van der Waals surface area contributed by atoms with E-state index in [1.54, 1.807) is 38.1 Å². The molecular weight excluding hydrogens is 983 g/mol. The second-order valence-corrected chi connectivity index (χ2v) is 19.7. The predicted molar refractivity (Wildman–Crippen MR) is 266 cm³/mol. The first-order chi connectivity index (χ1) is 34.0. The van der Waals surface area contributed by atoms with Crippen molar-refractivity contribution in [1.82, 2.24) is 42.1 Å². The number of carboxylic acid groups (broad SMARTS) is 1. The van der Waals surface area contributed by atoms with Crippen molar-refractivity contribution in [3.63, 3.8) is 0 Å². The quantitative estimate of drug-likeness (QED) is 0.0654. The number of hydrogen-bond acceptors (Lipinski definition) is 16. The Labute approximate surface area is 425 Å². The third kappa shape index (κ3) is 21.7. The minimum atomic E-state index is -1.74. The summed E-state index contributed by atoms with van der Waals surface area (Å²) in [6.07, 6.45) is -1.05. The van der Waals surface area contributed by atoms with Gasteiger partial charge in [0.2, 0.25) is 59.1 Å². The number of hydrogen-bond donors (Lipinski definition) is 12. The number of primary amides is 2. The van der Waals surface area contributed by atoms with Gasteiger partial charge in [0.25, 0.3) is 5.97 Å². The zero-order valence-electron chi connectivity index (χ0n) is 41.2. The highest BCUT2D eigenvalue weighted by Crippen LogP contribution is 2.26. The molecule has 2 aliphatic rings. The van der Waals surface area contributed by atoms with Crippen LogP contribution in [0.3, 0.4) is 0 Å². The van der Waals surface area contributed by atoms with Gasteiger partial charge >= 0.3 is 0 Å². The first kappa shape index (κ1) is 61.9. The predicted octanol–water partition coefficient (Wildman–Crippen LogP) is -2.95. The fourth-order valence-electron chi connectivity index (χ4n) is 7.29. The smallest absolute Gasteiger partial charge is 0.300 e. The van der Waals surface area contributed by atoms with Gasteiger partial charge in [0.1, 0.15) is 48.0 Å². The summed E-state index contributed by atoms with van der Waals surface area (Å²) < 4.78 is 5.53. The molecule has 15 N–H and O–H groups in total. The molecule has 0 aromatic heterocycles. The second-order valence-electron chi connectivity index (χ2n) is 17.0. The zero-order chi connectivity index (χ0) is 54.1. The first-order valence-electron chi connectivity index (χ1n) is 23.5. The SMILES string of the molecule is CC(=O)O.CCOc1ccc(C[C@@H]2NC(=O)CCSSC[C@@H](C(=O)N3CCC[C@H]3C(=O)N[C@@H](CCCN)C(=O)NCC(N)=O)NC(=O)[C@H](CC(N)=O)NC(=O)[C@H]([C@@H](C)O)NC(=O)[C@H]([C@@H](C)CC)NC2=O)cc1. The first-order valence-corrected chi connectivity index (χ1v) is 26.0. The maximum Gasteiger partial charge on any atom is 0.300 e. The van der Waals surface area contributed by atoms with E-state index in [1.807, 2.05) is 6.92 Å². The molecule has 25 nitrogen and oxygen atoms in total. The highest BCUT2D eigenvalue weighted by molar-refractivity contribution is 8.76. The maximum atomic E-state index is 14.4. The summed E-state index contributed by atoms with van der Waals surface area (Å²) >= 11 is 0. The Morgan fingerprint density at radius 2 is 1.49 bits per heavy atom. The van der Waals surface area contributed by atoms with Crippen LogP contribution in [0.2, 0.25) is 0 Å². The number of carbonyl (C=O) groups excluding carboxylic acids is 10. The Hall–Kier alpha value is -6.19. The number of aliphatic hydroxyl groups excluding tert-OH is 1. The summed E-state index contributed by atoms with van der Waals surface area (Å²) in [5.74, 6) is -8.90. The third-order valence-electron chi connectivity index (χ3n) is 11.2. The number of nitrogens with two attached hydrogens (primary N) is 3. The minimum absolute atomic E-state index is 0.0243. The van der Waals surface area contributed by atoms with Crippen molar-refractivity contribution < 1.29 is 67.7 Å². The average Bonchev–Trinajstić information content (AvgIpc) is 3.82. The lowest BCUT2D eigenvalue weighted by molar-refractivity contribution is -0.142. The van der Waals surface area contributed by atoms with Crippen molar-refractivity contribution in [3.05, 3.63) is 29.8 Å². The molecule has 72 heavy (non-hydrogen) atoms. The van der Waals surface area contributed by atoms with Gasteiger partial charge in [-0.25, -0.2) is 0 Å². The van der Waals surface area contributed by atoms with E-state index in [2.05, 4.69) is 37.2 Å². The van der Waals surface area contributed by atoms with Gasteiger partial charge in [0.05, 0.1) is 25.7 Å². The highest BCUT2D eigenvalue weighted by atomic mass is 33.1. The van der Waals surface area contributed by atoms with Gasteiger partial charge < -0.3 is 74.3 Å². The number of carbonyl (C=O) groups is 11. The highest BCUT2D eigenvalue weighted by Gasteiger charge is 2.41. The van der Waals surface area contributed by atoms with Crippen molar-refractivity contribution in [2.75, 3.05) is 37.7 Å². The number of amides is 10. The largest absolute Gasteiger partial charge is 0.494 e. The molecule has 0 saturated carbocycles. The lowest BCUT2D eigenvalue weighted by Gasteiger charge is -2.31. The molecule has 3 rings (SSSR count). The number of aliphatic hydroxyl groups is 1.